The molecule has 0 aromatic heterocycles. The summed E-state index contributed by atoms with van der Waals surface area (Å²) in [5.74, 6) is 0. The third-order valence-electron chi connectivity index (χ3n) is 3.69. The molecule has 10 heteroatoms. The van der Waals surface area contributed by atoms with Gasteiger partial charge in [0.25, 0.3) is 24.3 Å². The van der Waals surface area contributed by atoms with Gasteiger partial charge in [0.1, 0.15) is 0 Å². The molecule has 0 saturated carbocycles. The van der Waals surface area contributed by atoms with E-state index in [1.54, 1.807) is 30.3 Å². The Morgan fingerprint density at radius 1 is 0.958 bits per heavy atom. The van der Waals surface area contributed by atoms with Crippen molar-refractivity contribution in [2.75, 3.05) is 0 Å². The highest BCUT2D eigenvalue weighted by molar-refractivity contribution is 8.05. The molecule has 24 heavy (non-hydrogen) atoms. The summed E-state index contributed by atoms with van der Waals surface area (Å²) in [5, 5.41) is 0. The van der Waals surface area contributed by atoms with Crippen molar-refractivity contribution in [2.24, 2.45) is 11.5 Å². The van der Waals surface area contributed by atoms with Gasteiger partial charge in [0.05, 0.1) is 11.4 Å². The fourth-order valence-electron chi connectivity index (χ4n) is 2.46. The topological polar surface area (TPSA) is 161 Å². The quantitative estimate of drug-likeness (QED) is 0.560. The fraction of sp³-hybridized carbons (Fsp3) is 0.143. The van der Waals surface area contributed by atoms with E-state index in [0.717, 1.165) is 6.08 Å². The molecule has 0 saturated heterocycles. The Balaban J connectivity index is 2.79. The lowest BCUT2D eigenvalue weighted by Crippen LogP contribution is -2.49. The summed E-state index contributed by atoms with van der Waals surface area (Å²) in [5.41, 5.74) is 11.2. The lowest BCUT2D eigenvalue weighted by atomic mass is 9.97. The van der Waals surface area contributed by atoms with Crippen molar-refractivity contribution in [1.29, 1.82) is 0 Å². The van der Waals surface area contributed by atoms with E-state index in [9.17, 15) is 25.9 Å². The summed E-state index contributed by atoms with van der Waals surface area (Å²) in [6.07, 6.45) is 2.90. The predicted molar refractivity (Wildman–Crippen MR) is 89.4 cm³/mol. The molecule has 1 aromatic rings. The second-order valence-corrected chi connectivity index (χ2v) is 8.66. The maximum Gasteiger partial charge on any atom is 0.292 e. The Kier molecular flexibility index (Phi) is 4.59. The van der Waals surface area contributed by atoms with Crippen LogP contribution in [-0.2, 0) is 20.2 Å². The van der Waals surface area contributed by atoms with Crippen LogP contribution in [0.1, 0.15) is 12.0 Å². The van der Waals surface area contributed by atoms with Crippen LogP contribution < -0.4 is 11.5 Å². The normalized spacial score (nSPS) is 18.7. The molecule has 0 atom stereocenters. The minimum atomic E-state index is -5.28. The molecule has 8 nitrogen and oxygen atoms in total. The first-order valence-corrected chi connectivity index (χ1v) is 9.53. The molecule has 1 aromatic carbocycles. The molecule has 6 N–H and O–H groups in total. The van der Waals surface area contributed by atoms with Crippen LogP contribution in [0.3, 0.4) is 0 Å². The van der Waals surface area contributed by atoms with Gasteiger partial charge in [-0.1, -0.05) is 48.6 Å². The molecule has 0 bridgehead atoms. The van der Waals surface area contributed by atoms with Gasteiger partial charge < -0.3 is 11.5 Å². The second kappa shape index (κ2) is 6.06. The summed E-state index contributed by atoms with van der Waals surface area (Å²) in [6, 6.07) is 8.21. The minimum Gasteiger partial charge on any atom is -0.397 e. The molecule has 0 fully saturated rings. The van der Waals surface area contributed by atoms with Gasteiger partial charge in [0.15, 0.2) is 0 Å². The zero-order chi connectivity index (χ0) is 18.2. The molecule has 0 heterocycles. The molecule has 0 amide bonds. The van der Waals surface area contributed by atoms with Crippen LogP contribution in [0.2, 0.25) is 0 Å². The third kappa shape index (κ3) is 2.84. The minimum absolute atomic E-state index is 0.0891. The highest BCUT2D eigenvalue weighted by Gasteiger charge is 2.58. The second-order valence-electron chi connectivity index (χ2n) is 5.11. The van der Waals surface area contributed by atoms with Gasteiger partial charge >= 0.3 is 0 Å². The average Bonchev–Trinajstić information content (AvgIpc) is 2.52. The van der Waals surface area contributed by atoms with Gasteiger partial charge in [0.2, 0.25) is 0 Å². The highest BCUT2D eigenvalue weighted by atomic mass is 32.3. The molecule has 0 spiro atoms. The number of benzene rings is 1. The average molecular weight is 372 g/mol. The predicted octanol–water partition coefficient (Wildman–Crippen LogP) is 0.631. The number of hydrogen-bond acceptors (Lipinski definition) is 6. The fourth-order valence-corrected chi connectivity index (χ4v) is 5.05. The smallest absolute Gasteiger partial charge is 0.292 e. The first-order chi connectivity index (χ1) is 11.0. The lowest BCUT2D eigenvalue weighted by Gasteiger charge is -2.31. The van der Waals surface area contributed by atoms with Crippen LogP contribution in [0.4, 0.5) is 0 Å². The summed E-state index contributed by atoms with van der Waals surface area (Å²) in [7, 11) is -10.6. The molecular weight excluding hydrogens is 356 g/mol. The summed E-state index contributed by atoms with van der Waals surface area (Å²) < 4.78 is 63.5. The van der Waals surface area contributed by atoms with Crippen LogP contribution in [0.5, 0.6) is 0 Å². The Morgan fingerprint density at radius 3 is 2.00 bits per heavy atom. The third-order valence-corrected chi connectivity index (χ3v) is 7.40. The van der Waals surface area contributed by atoms with Gasteiger partial charge in [-0.2, -0.15) is 16.8 Å². The summed E-state index contributed by atoms with van der Waals surface area (Å²) >= 11 is 0. The van der Waals surface area contributed by atoms with E-state index in [4.69, 9.17) is 11.5 Å². The largest absolute Gasteiger partial charge is 0.397 e. The van der Waals surface area contributed by atoms with E-state index in [1.807, 2.05) is 0 Å². The highest BCUT2D eigenvalue weighted by Crippen LogP contribution is 2.41. The zero-order valence-electron chi connectivity index (χ0n) is 12.3. The van der Waals surface area contributed by atoms with Crippen molar-refractivity contribution in [3.8, 4) is 0 Å². The molecule has 0 aliphatic heterocycles. The SMILES string of the molecule is NC(C1=CC=CCC1(S(=O)(=O)O)S(=O)(=O)O)=C(N)c1ccccc1. The van der Waals surface area contributed by atoms with Crippen molar-refractivity contribution >= 4 is 25.9 Å². The van der Waals surface area contributed by atoms with Crippen LogP contribution in [0.15, 0.2) is 59.8 Å². The molecule has 0 radical (unpaired) electrons. The van der Waals surface area contributed by atoms with E-state index < -0.39 is 36.3 Å². The number of allylic oxidation sites excluding steroid dienone is 4. The number of nitrogens with two attached hydrogens (primary N) is 2. The van der Waals surface area contributed by atoms with Crippen LogP contribution >= 0.6 is 0 Å². The van der Waals surface area contributed by atoms with Gasteiger partial charge in [-0.3, -0.25) is 9.11 Å². The van der Waals surface area contributed by atoms with Crippen molar-refractivity contribution < 1.29 is 25.9 Å². The molecule has 1 aliphatic rings. The Morgan fingerprint density at radius 2 is 1.50 bits per heavy atom. The Labute approximate surface area is 139 Å². The van der Waals surface area contributed by atoms with Crippen LogP contribution in [0.25, 0.3) is 5.70 Å². The lowest BCUT2D eigenvalue weighted by molar-refractivity contribution is 0.433. The van der Waals surface area contributed by atoms with Gasteiger partial charge in [-0.25, -0.2) is 0 Å². The van der Waals surface area contributed by atoms with Crippen molar-refractivity contribution in [3.05, 3.63) is 65.4 Å². The van der Waals surface area contributed by atoms with Gasteiger partial charge in [-0.05, 0) is 5.56 Å². The van der Waals surface area contributed by atoms with E-state index >= 15 is 0 Å². The Hall–Kier alpha value is -2.14. The van der Waals surface area contributed by atoms with Crippen molar-refractivity contribution in [2.45, 2.75) is 10.5 Å². The van der Waals surface area contributed by atoms with Crippen molar-refractivity contribution in [1.82, 2.24) is 0 Å². The summed E-state index contributed by atoms with van der Waals surface area (Å²) in [6.45, 7) is 0. The first-order valence-electron chi connectivity index (χ1n) is 6.65. The molecule has 1 aliphatic carbocycles. The molecule has 2 rings (SSSR count). The van der Waals surface area contributed by atoms with Crippen LogP contribution in [0, 0.1) is 0 Å². The van der Waals surface area contributed by atoms with E-state index in [0.29, 0.717) is 5.56 Å². The van der Waals surface area contributed by atoms with E-state index in [1.165, 1.54) is 12.2 Å². The van der Waals surface area contributed by atoms with Gasteiger partial charge in [-0.15, -0.1) is 0 Å². The molecule has 0 unspecified atom stereocenters. The van der Waals surface area contributed by atoms with E-state index in [2.05, 4.69) is 0 Å². The maximum absolute atomic E-state index is 11.9. The maximum atomic E-state index is 11.9. The standard InChI is InChI=1S/C14H16N2O6S2/c15-12(10-6-2-1-3-7-10)13(16)11-8-4-5-9-14(11,23(17,18)19)24(20,21)22/h1-8H,9,15-16H2,(H,17,18,19)(H,20,21,22). The number of hydrogen-bond donors (Lipinski definition) is 4. The van der Waals surface area contributed by atoms with E-state index in [-0.39, 0.29) is 11.4 Å². The van der Waals surface area contributed by atoms with Gasteiger partial charge in [0, 0.05) is 12.0 Å². The molecule has 130 valence electrons. The summed E-state index contributed by atoms with van der Waals surface area (Å²) in [4.78, 5) is 0. The first kappa shape index (κ1) is 18.2. The zero-order valence-corrected chi connectivity index (χ0v) is 14.0. The van der Waals surface area contributed by atoms with Crippen molar-refractivity contribution in [3.63, 3.8) is 0 Å². The van der Waals surface area contributed by atoms with Crippen LogP contribution in [-0.4, -0.2) is 30.0 Å². The number of rotatable bonds is 4. The monoisotopic (exact) mass is 372 g/mol. The molecular formula is C14H16N2O6S2. The Bertz CT molecular complexity index is 912.